The predicted molar refractivity (Wildman–Crippen MR) is 51.7 cm³/mol. The quantitative estimate of drug-likeness (QED) is 0.732. The Labute approximate surface area is 77.7 Å². The molecule has 0 aliphatic heterocycles. The average molecular weight is 188 g/mol. The summed E-state index contributed by atoms with van der Waals surface area (Å²) in [5, 5.41) is 0. The molecule has 1 rings (SSSR count). The predicted octanol–water partition coefficient (Wildman–Crippen LogP) is 1.99. The molecule has 68 valence electrons. The number of H-pyrrole nitrogens is 1. The van der Waals surface area contributed by atoms with E-state index in [9.17, 15) is 0 Å². The van der Waals surface area contributed by atoms with Gasteiger partial charge in [-0.3, -0.25) is 0 Å². The van der Waals surface area contributed by atoms with E-state index in [0.29, 0.717) is 5.88 Å². The summed E-state index contributed by atoms with van der Waals surface area (Å²) < 4.78 is 0. The lowest BCUT2D eigenvalue weighted by Gasteiger charge is -2.16. The Morgan fingerprint density at radius 2 is 2.17 bits per heavy atom. The van der Waals surface area contributed by atoms with Crippen LogP contribution in [0.5, 0.6) is 0 Å². The minimum Gasteiger partial charge on any atom is -0.343 e. The highest BCUT2D eigenvalue weighted by Gasteiger charge is 2.04. The third kappa shape index (κ3) is 1.91. The van der Waals surface area contributed by atoms with E-state index in [1.165, 1.54) is 0 Å². The van der Waals surface area contributed by atoms with Gasteiger partial charge in [0.05, 0.1) is 17.8 Å². The largest absolute Gasteiger partial charge is 0.343 e. The highest BCUT2D eigenvalue weighted by Crippen LogP contribution is 2.09. The molecule has 0 fully saturated rings. The van der Waals surface area contributed by atoms with Gasteiger partial charge in [0.1, 0.15) is 0 Å². The normalized spacial score (nSPS) is 10.2. The maximum atomic E-state index is 5.64. The molecule has 0 aliphatic carbocycles. The number of nitrogens with zero attached hydrogens (tertiary/aromatic N) is 2. The molecule has 0 radical (unpaired) electrons. The van der Waals surface area contributed by atoms with Crippen molar-refractivity contribution in [3.63, 3.8) is 0 Å². The Balaban J connectivity index is 2.72. The maximum Gasteiger partial charge on any atom is 0.202 e. The van der Waals surface area contributed by atoms with Crippen molar-refractivity contribution in [2.75, 3.05) is 18.0 Å². The van der Waals surface area contributed by atoms with Crippen molar-refractivity contribution in [3.05, 3.63) is 11.9 Å². The van der Waals surface area contributed by atoms with Crippen molar-refractivity contribution in [3.8, 4) is 0 Å². The van der Waals surface area contributed by atoms with Crippen LogP contribution in [0.3, 0.4) is 0 Å². The van der Waals surface area contributed by atoms with Crippen molar-refractivity contribution in [1.29, 1.82) is 0 Å². The molecule has 0 aliphatic rings. The average Bonchev–Trinajstić information content (AvgIpc) is 2.55. The number of alkyl halides is 1. The summed E-state index contributed by atoms with van der Waals surface area (Å²) in [4.78, 5) is 9.51. The van der Waals surface area contributed by atoms with Crippen molar-refractivity contribution in [2.24, 2.45) is 0 Å². The molecule has 4 heteroatoms. The molecule has 1 aromatic heterocycles. The number of nitrogens with one attached hydrogen (secondary N) is 1. The van der Waals surface area contributed by atoms with Gasteiger partial charge in [-0.05, 0) is 13.8 Å². The van der Waals surface area contributed by atoms with E-state index in [1.54, 1.807) is 6.20 Å². The highest BCUT2D eigenvalue weighted by atomic mass is 35.5. The summed E-state index contributed by atoms with van der Waals surface area (Å²) in [6, 6.07) is 0. The van der Waals surface area contributed by atoms with E-state index in [-0.39, 0.29) is 0 Å². The Kier molecular flexibility index (Phi) is 3.41. The molecule has 0 saturated heterocycles. The Morgan fingerprint density at radius 3 is 2.58 bits per heavy atom. The summed E-state index contributed by atoms with van der Waals surface area (Å²) in [6.45, 7) is 6.14. The summed E-state index contributed by atoms with van der Waals surface area (Å²) in [6.07, 6.45) is 1.78. The molecular formula is C8H14ClN3. The van der Waals surface area contributed by atoms with Crippen LogP contribution in [0.2, 0.25) is 0 Å². The first-order chi connectivity index (χ1) is 5.81. The molecule has 0 spiro atoms. The minimum absolute atomic E-state index is 0.494. The molecule has 3 nitrogen and oxygen atoms in total. The molecule has 0 amide bonds. The van der Waals surface area contributed by atoms with Crippen LogP contribution in [0.15, 0.2) is 6.20 Å². The van der Waals surface area contributed by atoms with Crippen molar-refractivity contribution >= 4 is 17.5 Å². The standard InChI is InChI=1S/C8H14ClN3/c1-3-12(4-2)8-10-6-7(5-9)11-8/h6H,3-5H2,1-2H3,(H,10,11). The monoisotopic (exact) mass is 187 g/mol. The van der Waals surface area contributed by atoms with Crippen LogP contribution in [0.25, 0.3) is 0 Å². The van der Waals surface area contributed by atoms with Crippen LogP contribution in [-0.2, 0) is 5.88 Å². The van der Waals surface area contributed by atoms with Crippen LogP contribution in [0, 0.1) is 0 Å². The Bertz CT molecular complexity index is 230. The first kappa shape index (κ1) is 9.39. The van der Waals surface area contributed by atoms with E-state index in [2.05, 4.69) is 28.7 Å². The second-order valence-corrected chi connectivity index (χ2v) is 2.81. The lowest BCUT2D eigenvalue weighted by atomic mass is 10.5. The highest BCUT2D eigenvalue weighted by molar-refractivity contribution is 6.16. The van der Waals surface area contributed by atoms with E-state index >= 15 is 0 Å². The number of aromatic nitrogens is 2. The second kappa shape index (κ2) is 4.36. The van der Waals surface area contributed by atoms with Gasteiger partial charge in [0, 0.05) is 13.1 Å². The smallest absolute Gasteiger partial charge is 0.202 e. The molecule has 1 aromatic rings. The van der Waals surface area contributed by atoms with Crippen molar-refractivity contribution < 1.29 is 0 Å². The van der Waals surface area contributed by atoms with Crippen molar-refractivity contribution in [1.82, 2.24) is 9.97 Å². The van der Waals surface area contributed by atoms with Gasteiger partial charge < -0.3 is 9.88 Å². The lowest BCUT2D eigenvalue weighted by molar-refractivity contribution is 0.831. The Hall–Kier alpha value is -0.700. The zero-order valence-electron chi connectivity index (χ0n) is 7.47. The molecule has 12 heavy (non-hydrogen) atoms. The van der Waals surface area contributed by atoms with Crippen molar-refractivity contribution in [2.45, 2.75) is 19.7 Å². The number of halogens is 1. The number of anilines is 1. The van der Waals surface area contributed by atoms with E-state index in [4.69, 9.17) is 11.6 Å². The zero-order valence-corrected chi connectivity index (χ0v) is 8.23. The number of rotatable bonds is 4. The minimum atomic E-state index is 0.494. The fourth-order valence-corrected chi connectivity index (χ4v) is 1.23. The summed E-state index contributed by atoms with van der Waals surface area (Å²) in [5.41, 5.74) is 0.971. The van der Waals surface area contributed by atoms with Crippen LogP contribution in [0.1, 0.15) is 19.5 Å². The summed E-state index contributed by atoms with van der Waals surface area (Å²) in [5.74, 6) is 1.41. The fourth-order valence-electron chi connectivity index (χ4n) is 1.10. The number of hydrogen-bond acceptors (Lipinski definition) is 2. The van der Waals surface area contributed by atoms with Crippen LogP contribution >= 0.6 is 11.6 Å². The zero-order chi connectivity index (χ0) is 8.97. The van der Waals surface area contributed by atoms with Crippen LogP contribution in [-0.4, -0.2) is 23.1 Å². The topological polar surface area (TPSA) is 31.9 Å². The number of imidazole rings is 1. The molecular weight excluding hydrogens is 174 g/mol. The van der Waals surface area contributed by atoms with Gasteiger partial charge in [-0.2, -0.15) is 0 Å². The number of hydrogen-bond donors (Lipinski definition) is 1. The molecule has 0 bridgehead atoms. The van der Waals surface area contributed by atoms with Gasteiger partial charge in [-0.25, -0.2) is 4.98 Å². The molecule has 1 heterocycles. The third-order valence-corrected chi connectivity index (χ3v) is 2.11. The molecule has 0 unspecified atom stereocenters. The molecule has 0 aromatic carbocycles. The van der Waals surface area contributed by atoms with Gasteiger partial charge in [-0.15, -0.1) is 11.6 Å². The first-order valence-electron chi connectivity index (χ1n) is 4.16. The molecule has 0 atom stereocenters. The third-order valence-electron chi connectivity index (χ3n) is 1.82. The van der Waals surface area contributed by atoms with Crippen LogP contribution < -0.4 is 4.90 Å². The fraction of sp³-hybridized carbons (Fsp3) is 0.625. The SMILES string of the molecule is CCN(CC)c1ncc(CCl)[nH]1. The molecule has 1 N–H and O–H groups in total. The number of aromatic amines is 1. The first-order valence-corrected chi connectivity index (χ1v) is 4.70. The summed E-state index contributed by atoms with van der Waals surface area (Å²) >= 11 is 5.64. The van der Waals surface area contributed by atoms with E-state index in [1.807, 2.05) is 0 Å². The Morgan fingerprint density at radius 1 is 1.50 bits per heavy atom. The van der Waals surface area contributed by atoms with E-state index < -0.39 is 0 Å². The lowest BCUT2D eigenvalue weighted by Crippen LogP contribution is -2.22. The molecule has 0 saturated carbocycles. The van der Waals surface area contributed by atoms with Gasteiger partial charge in [0.25, 0.3) is 0 Å². The van der Waals surface area contributed by atoms with E-state index in [0.717, 1.165) is 24.7 Å². The summed E-state index contributed by atoms with van der Waals surface area (Å²) in [7, 11) is 0. The van der Waals surface area contributed by atoms with Gasteiger partial charge in [-0.1, -0.05) is 0 Å². The second-order valence-electron chi connectivity index (χ2n) is 2.54. The van der Waals surface area contributed by atoms with Gasteiger partial charge in [0.2, 0.25) is 5.95 Å². The van der Waals surface area contributed by atoms with Gasteiger partial charge >= 0.3 is 0 Å². The van der Waals surface area contributed by atoms with Gasteiger partial charge in [0.15, 0.2) is 0 Å². The van der Waals surface area contributed by atoms with Crippen LogP contribution in [0.4, 0.5) is 5.95 Å². The maximum absolute atomic E-state index is 5.64.